The maximum Gasteiger partial charge on any atom is 0.242 e. The van der Waals surface area contributed by atoms with Crippen molar-refractivity contribution < 1.29 is 4.79 Å². The van der Waals surface area contributed by atoms with Gasteiger partial charge in [0.25, 0.3) is 0 Å². The Hall–Kier alpha value is -1.64. The lowest BCUT2D eigenvalue weighted by molar-refractivity contribution is -0.128. The monoisotopic (exact) mass is 347 g/mol. The van der Waals surface area contributed by atoms with Crippen molar-refractivity contribution in [1.29, 1.82) is 0 Å². The van der Waals surface area contributed by atoms with E-state index in [2.05, 4.69) is 19.9 Å². The van der Waals surface area contributed by atoms with Gasteiger partial charge in [0.1, 0.15) is 11.8 Å². The van der Waals surface area contributed by atoms with Crippen LogP contribution in [0.15, 0.2) is 12.7 Å². The summed E-state index contributed by atoms with van der Waals surface area (Å²) in [5.41, 5.74) is 7.16. The molecule has 0 radical (unpaired) electrons. The van der Waals surface area contributed by atoms with E-state index in [0.717, 1.165) is 18.5 Å². The van der Waals surface area contributed by atoms with Crippen LogP contribution >= 0.6 is 24.8 Å². The fourth-order valence-electron chi connectivity index (χ4n) is 2.43. The highest BCUT2D eigenvalue weighted by molar-refractivity contribution is 5.87. The van der Waals surface area contributed by atoms with Crippen LogP contribution in [0.4, 0.5) is 5.82 Å². The molecule has 2 aromatic rings. The zero-order chi connectivity index (χ0) is 14.1. The molecule has 3 N–H and O–H groups in total. The highest BCUT2D eigenvalue weighted by Crippen LogP contribution is 2.18. The minimum atomic E-state index is 0. The van der Waals surface area contributed by atoms with Gasteiger partial charge in [0.15, 0.2) is 11.5 Å². The Balaban J connectivity index is 0.00000121. The smallest absolute Gasteiger partial charge is 0.242 e. The van der Waals surface area contributed by atoms with E-state index in [-0.39, 0.29) is 43.3 Å². The first-order chi connectivity index (χ1) is 9.65. The molecule has 22 heavy (non-hydrogen) atoms. The molecule has 0 unspecified atom stereocenters. The quantitative estimate of drug-likeness (QED) is 0.821. The second-order valence-corrected chi connectivity index (χ2v) is 5.04. The highest BCUT2D eigenvalue weighted by Gasteiger charge is 2.25. The number of aromatic nitrogens is 4. The van der Waals surface area contributed by atoms with E-state index in [1.54, 1.807) is 16.1 Å². The lowest BCUT2D eigenvalue weighted by Gasteiger charge is -2.22. The van der Waals surface area contributed by atoms with Gasteiger partial charge >= 0.3 is 0 Å². The van der Waals surface area contributed by atoms with Crippen molar-refractivity contribution in [3.63, 3.8) is 0 Å². The number of nitrogens with zero attached hydrogens (tertiary/aromatic N) is 5. The maximum atomic E-state index is 12.2. The van der Waals surface area contributed by atoms with Gasteiger partial charge in [-0.15, -0.1) is 24.8 Å². The minimum absolute atomic E-state index is 0. The molecule has 1 aliphatic rings. The third-order valence-electron chi connectivity index (χ3n) is 3.51. The topological polar surface area (TPSA) is 104 Å². The first kappa shape index (κ1) is 18.4. The van der Waals surface area contributed by atoms with Crippen LogP contribution in [0.3, 0.4) is 0 Å². The Bertz CT molecular complexity index is 635. The number of hydrogen-bond donors (Lipinski definition) is 2. The number of anilines is 1. The Morgan fingerprint density at radius 1 is 1.45 bits per heavy atom. The van der Waals surface area contributed by atoms with Gasteiger partial charge < -0.3 is 20.5 Å². The molecule has 122 valence electrons. The zero-order valence-corrected chi connectivity index (χ0v) is 13.7. The van der Waals surface area contributed by atoms with E-state index < -0.39 is 0 Å². The van der Waals surface area contributed by atoms with Crippen LogP contribution in [0.5, 0.6) is 0 Å². The average Bonchev–Trinajstić information content (AvgIpc) is 3.06. The maximum absolute atomic E-state index is 12.2. The van der Waals surface area contributed by atoms with Gasteiger partial charge in [-0.3, -0.25) is 4.79 Å². The van der Waals surface area contributed by atoms with E-state index in [0.29, 0.717) is 18.0 Å². The summed E-state index contributed by atoms with van der Waals surface area (Å²) in [5, 5.41) is 0. The van der Waals surface area contributed by atoms with Crippen molar-refractivity contribution in [3.05, 3.63) is 12.7 Å². The van der Waals surface area contributed by atoms with Crippen LogP contribution < -0.4 is 10.6 Å². The van der Waals surface area contributed by atoms with Crippen molar-refractivity contribution in [2.24, 2.45) is 5.73 Å². The molecule has 3 rings (SSSR count). The number of likely N-dealkylation sites (N-methyl/N-ethyl adjacent to an activating group) is 1. The number of amides is 1. The van der Waals surface area contributed by atoms with E-state index in [4.69, 9.17) is 5.73 Å². The van der Waals surface area contributed by atoms with Crippen LogP contribution in [0.1, 0.15) is 6.42 Å². The SMILES string of the molecule is CN(CC(=O)N1CC[C@@H](N)C1)c1ncnc2nc[nH]c12.Cl.Cl. The molecule has 0 aromatic carbocycles. The van der Waals surface area contributed by atoms with E-state index >= 15 is 0 Å². The molecule has 1 fully saturated rings. The van der Waals surface area contributed by atoms with Gasteiger partial charge in [0.2, 0.25) is 5.91 Å². The second-order valence-electron chi connectivity index (χ2n) is 5.04. The lowest BCUT2D eigenvalue weighted by Crippen LogP contribution is -2.39. The molecule has 10 heteroatoms. The summed E-state index contributed by atoms with van der Waals surface area (Å²) in [5.74, 6) is 0.732. The summed E-state index contributed by atoms with van der Waals surface area (Å²) in [7, 11) is 1.83. The molecule has 1 aliphatic heterocycles. The van der Waals surface area contributed by atoms with Gasteiger partial charge in [-0.05, 0) is 6.42 Å². The summed E-state index contributed by atoms with van der Waals surface area (Å²) in [6, 6.07) is 0.0996. The average molecular weight is 348 g/mol. The molecular weight excluding hydrogens is 329 g/mol. The number of H-pyrrole nitrogens is 1. The predicted octanol–water partition coefficient (Wildman–Crippen LogP) is 0.192. The Morgan fingerprint density at radius 2 is 2.23 bits per heavy atom. The normalized spacial score (nSPS) is 17.0. The van der Waals surface area contributed by atoms with Crippen LogP contribution in [-0.2, 0) is 4.79 Å². The number of nitrogens with two attached hydrogens (primary N) is 1. The van der Waals surface area contributed by atoms with Crippen molar-refractivity contribution in [2.45, 2.75) is 12.5 Å². The highest BCUT2D eigenvalue weighted by atomic mass is 35.5. The summed E-state index contributed by atoms with van der Waals surface area (Å²) < 4.78 is 0. The summed E-state index contributed by atoms with van der Waals surface area (Å²) in [6.07, 6.45) is 3.89. The van der Waals surface area contributed by atoms with Crippen LogP contribution in [-0.4, -0.2) is 63.5 Å². The van der Waals surface area contributed by atoms with Crippen molar-refractivity contribution in [2.75, 3.05) is 31.6 Å². The number of fused-ring (bicyclic) bond motifs is 1. The van der Waals surface area contributed by atoms with Crippen molar-refractivity contribution >= 4 is 47.7 Å². The summed E-state index contributed by atoms with van der Waals surface area (Å²) in [4.78, 5) is 31.2. The fourth-order valence-corrected chi connectivity index (χ4v) is 2.43. The van der Waals surface area contributed by atoms with Gasteiger partial charge in [0.05, 0.1) is 12.9 Å². The minimum Gasteiger partial charge on any atom is -0.348 e. The number of nitrogens with one attached hydrogen (secondary N) is 1. The number of likely N-dealkylation sites (tertiary alicyclic amines) is 1. The molecular formula is C12H19Cl2N7O. The second kappa shape index (κ2) is 7.57. The van der Waals surface area contributed by atoms with Gasteiger partial charge in [-0.25, -0.2) is 15.0 Å². The number of carbonyl (C=O) groups excluding carboxylic acids is 1. The number of hydrogen-bond acceptors (Lipinski definition) is 6. The molecule has 1 atom stereocenters. The zero-order valence-electron chi connectivity index (χ0n) is 12.1. The van der Waals surface area contributed by atoms with E-state index in [9.17, 15) is 4.79 Å². The third kappa shape index (κ3) is 3.57. The molecule has 1 amide bonds. The van der Waals surface area contributed by atoms with Crippen LogP contribution in [0.2, 0.25) is 0 Å². The van der Waals surface area contributed by atoms with Crippen LogP contribution in [0, 0.1) is 0 Å². The number of imidazole rings is 1. The molecule has 0 saturated carbocycles. The molecule has 0 aliphatic carbocycles. The molecule has 8 nitrogen and oxygen atoms in total. The molecule has 0 bridgehead atoms. The molecule has 1 saturated heterocycles. The number of halogens is 2. The first-order valence-electron chi connectivity index (χ1n) is 6.53. The third-order valence-corrected chi connectivity index (χ3v) is 3.51. The van der Waals surface area contributed by atoms with Gasteiger partial charge in [-0.2, -0.15) is 0 Å². The van der Waals surface area contributed by atoms with Gasteiger partial charge in [-0.1, -0.05) is 0 Å². The van der Waals surface area contributed by atoms with Crippen LogP contribution in [0.25, 0.3) is 11.2 Å². The number of aromatic amines is 1. The number of carbonyl (C=O) groups is 1. The Labute approximate surface area is 140 Å². The standard InChI is InChI=1S/C12H17N7O.2ClH/c1-18(5-9(20)19-3-2-8(13)4-19)12-10-11(15-6-14-10)16-7-17-12;;/h6-8H,2-5,13H2,1H3,(H,14,15,16,17);2*1H/t8-;;/m1../s1. The lowest BCUT2D eigenvalue weighted by atomic mass is 10.3. The molecule has 3 heterocycles. The van der Waals surface area contributed by atoms with Crippen molar-refractivity contribution in [1.82, 2.24) is 24.8 Å². The molecule has 0 spiro atoms. The largest absolute Gasteiger partial charge is 0.348 e. The Morgan fingerprint density at radius 3 is 2.91 bits per heavy atom. The fraction of sp³-hybridized carbons (Fsp3) is 0.500. The first-order valence-corrected chi connectivity index (χ1v) is 6.53. The van der Waals surface area contributed by atoms with Gasteiger partial charge in [0, 0.05) is 26.2 Å². The summed E-state index contributed by atoms with van der Waals surface area (Å²) >= 11 is 0. The molecule has 2 aromatic heterocycles. The van der Waals surface area contributed by atoms with E-state index in [1.807, 2.05) is 7.05 Å². The van der Waals surface area contributed by atoms with E-state index in [1.165, 1.54) is 6.33 Å². The predicted molar refractivity (Wildman–Crippen MR) is 88.6 cm³/mol. The number of rotatable bonds is 3. The Kier molecular flexibility index (Phi) is 6.34. The van der Waals surface area contributed by atoms with Crippen molar-refractivity contribution in [3.8, 4) is 0 Å². The summed E-state index contributed by atoms with van der Waals surface area (Å²) in [6.45, 7) is 1.63.